The molecule has 25 heavy (non-hydrogen) atoms. The second-order valence-electron chi connectivity index (χ2n) is 4.47. The molecule has 0 spiro atoms. The molecule has 5 nitrogen and oxygen atoms in total. The van der Waals surface area contributed by atoms with Gasteiger partial charge in [-0.1, -0.05) is 24.3 Å². The van der Waals surface area contributed by atoms with Gasteiger partial charge in [0.2, 0.25) is 0 Å². The number of nitrogens with one attached hydrogen (secondary N) is 1. The summed E-state index contributed by atoms with van der Waals surface area (Å²) in [6.07, 6.45) is -5.11. The topological polar surface area (TPSA) is 64.6 Å². The maximum atomic E-state index is 12.4. The van der Waals surface area contributed by atoms with E-state index >= 15 is 0 Å². The third-order valence-corrected chi connectivity index (χ3v) is 4.12. The van der Waals surface area contributed by atoms with E-state index in [1.54, 1.807) is 0 Å². The van der Waals surface area contributed by atoms with Crippen molar-refractivity contribution in [1.82, 2.24) is 0 Å². The van der Waals surface area contributed by atoms with Gasteiger partial charge >= 0.3 is 13.0 Å². The average Bonchev–Trinajstić information content (AvgIpc) is 2.47. The Hall–Kier alpha value is -2.56. The Balaban J connectivity index is 2.39. The van der Waals surface area contributed by atoms with Gasteiger partial charge in [0, 0.05) is 0 Å². The lowest BCUT2D eigenvalue weighted by atomic mass is 10.3. The third kappa shape index (κ3) is 5.21. The summed E-state index contributed by atoms with van der Waals surface area (Å²) in [6.45, 7) is -3.22. The molecule has 0 heterocycles. The number of sulfonamides is 1. The van der Waals surface area contributed by atoms with E-state index in [9.17, 15) is 30.4 Å². The quantitative estimate of drug-likeness (QED) is 0.767. The molecule has 136 valence electrons. The van der Waals surface area contributed by atoms with Crippen LogP contribution in [0.25, 0.3) is 0 Å². The van der Waals surface area contributed by atoms with Crippen molar-refractivity contribution in [3.63, 3.8) is 0 Å². The molecule has 0 aliphatic carbocycles. The van der Waals surface area contributed by atoms with Crippen LogP contribution in [-0.4, -0.2) is 21.4 Å². The number of ether oxygens (including phenoxy) is 2. The highest BCUT2D eigenvalue weighted by molar-refractivity contribution is 7.92. The lowest BCUT2D eigenvalue weighted by molar-refractivity contribution is -0.275. The Labute approximate surface area is 139 Å². The molecule has 0 atom stereocenters. The molecular formula is C14H10F5NO4S. The first kappa shape index (κ1) is 18.8. The molecule has 0 fully saturated rings. The van der Waals surface area contributed by atoms with E-state index < -0.39 is 39.4 Å². The number of halogens is 5. The minimum Gasteiger partial charge on any atom is -0.433 e. The zero-order valence-electron chi connectivity index (χ0n) is 12.1. The fourth-order valence-electron chi connectivity index (χ4n) is 1.83. The number of hydrogen-bond acceptors (Lipinski definition) is 4. The van der Waals surface area contributed by atoms with Crippen LogP contribution in [0.4, 0.5) is 27.6 Å². The summed E-state index contributed by atoms with van der Waals surface area (Å²) in [5.74, 6) is -1.45. The summed E-state index contributed by atoms with van der Waals surface area (Å²) in [4.78, 5) is -0.820. The predicted octanol–water partition coefficient (Wildman–Crippen LogP) is 3.99. The Morgan fingerprint density at radius 1 is 0.920 bits per heavy atom. The van der Waals surface area contributed by atoms with E-state index in [1.807, 2.05) is 4.72 Å². The van der Waals surface area contributed by atoms with E-state index in [1.165, 1.54) is 18.2 Å². The van der Waals surface area contributed by atoms with Crippen LogP contribution in [0.15, 0.2) is 53.4 Å². The van der Waals surface area contributed by atoms with Gasteiger partial charge in [0.15, 0.2) is 0 Å². The van der Waals surface area contributed by atoms with E-state index in [0.717, 1.165) is 30.3 Å². The van der Waals surface area contributed by atoms with Gasteiger partial charge in [0.05, 0.1) is 5.69 Å². The monoisotopic (exact) mass is 383 g/mol. The van der Waals surface area contributed by atoms with Crippen molar-refractivity contribution in [2.45, 2.75) is 17.9 Å². The minimum atomic E-state index is -5.11. The number of rotatable bonds is 6. The Morgan fingerprint density at radius 3 is 2.08 bits per heavy atom. The van der Waals surface area contributed by atoms with Gasteiger partial charge in [-0.25, -0.2) is 8.42 Å². The number of hydrogen-bond donors (Lipinski definition) is 1. The predicted molar refractivity (Wildman–Crippen MR) is 77.0 cm³/mol. The van der Waals surface area contributed by atoms with Crippen molar-refractivity contribution in [2.75, 3.05) is 4.72 Å². The maximum absolute atomic E-state index is 12.4. The zero-order chi connectivity index (χ0) is 18.7. The second kappa shape index (κ2) is 7.13. The molecule has 2 aromatic rings. The first-order valence-electron chi connectivity index (χ1n) is 6.50. The SMILES string of the molecule is O=S(=O)(Nc1ccccc1OC(F)F)c1ccccc1OC(F)(F)F. The van der Waals surface area contributed by atoms with Crippen LogP contribution in [-0.2, 0) is 10.0 Å². The van der Waals surface area contributed by atoms with Crippen molar-refractivity contribution < 1.29 is 39.8 Å². The molecule has 0 aromatic heterocycles. The van der Waals surface area contributed by atoms with Crippen molar-refractivity contribution in [3.05, 3.63) is 48.5 Å². The summed E-state index contributed by atoms with van der Waals surface area (Å²) in [6, 6.07) is 8.84. The summed E-state index contributed by atoms with van der Waals surface area (Å²) in [5, 5.41) is 0. The maximum Gasteiger partial charge on any atom is 0.573 e. The Bertz CT molecular complexity index is 839. The second-order valence-corrected chi connectivity index (χ2v) is 6.13. The van der Waals surface area contributed by atoms with Crippen molar-refractivity contribution in [3.8, 4) is 11.5 Å². The molecule has 0 aliphatic rings. The van der Waals surface area contributed by atoms with Crippen LogP contribution < -0.4 is 14.2 Å². The lowest BCUT2D eigenvalue weighted by Crippen LogP contribution is -2.21. The van der Waals surface area contributed by atoms with Gasteiger partial charge in [-0.3, -0.25) is 4.72 Å². The first-order chi connectivity index (χ1) is 11.6. The molecule has 0 aliphatic heterocycles. The molecule has 0 saturated carbocycles. The molecule has 0 radical (unpaired) electrons. The molecule has 2 aromatic carbocycles. The van der Waals surface area contributed by atoms with Crippen LogP contribution >= 0.6 is 0 Å². The van der Waals surface area contributed by atoms with Crippen LogP contribution in [0, 0.1) is 0 Å². The van der Waals surface area contributed by atoms with Crippen molar-refractivity contribution in [1.29, 1.82) is 0 Å². The molecule has 0 unspecified atom stereocenters. The van der Waals surface area contributed by atoms with E-state index in [0.29, 0.717) is 0 Å². The molecule has 0 amide bonds. The van der Waals surface area contributed by atoms with E-state index in [-0.39, 0.29) is 5.69 Å². The van der Waals surface area contributed by atoms with Crippen molar-refractivity contribution in [2.24, 2.45) is 0 Å². The largest absolute Gasteiger partial charge is 0.573 e. The van der Waals surface area contributed by atoms with Crippen molar-refractivity contribution >= 4 is 15.7 Å². The van der Waals surface area contributed by atoms with E-state index in [4.69, 9.17) is 0 Å². The van der Waals surface area contributed by atoms with E-state index in [2.05, 4.69) is 9.47 Å². The molecule has 1 N–H and O–H groups in total. The Morgan fingerprint density at radius 2 is 1.48 bits per heavy atom. The highest BCUT2D eigenvalue weighted by Crippen LogP contribution is 2.33. The number of para-hydroxylation sites is 3. The van der Waals surface area contributed by atoms with Crippen LogP contribution in [0.1, 0.15) is 0 Å². The fraction of sp³-hybridized carbons (Fsp3) is 0.143. The highest BCUT2D eigenvalue weighted by Gasteiger charge is 2.34. The average molecular weight is 383 g/mol. The van der Waals surface area contributed by atoms with Crippen LogP contribution in [0.5, 0.6) is 11.5 Å². The lowest BCUT2D eigenvalue weighted by Gasteiger charge is -2.16. The summed E-state index contributed by atoms with van der Waals surface area (Å²) in [7, 11) is -4.57. The third-order valence-electron chi connectivity index (χ3n) is 2.71. The summed E-state index contributed by atoms with van der Waals surface area (Å²) < 4.78 is 96.4. The van der Waals surface area contributed by atoms with Gasteiger partial charge in [-0.15, -0.1) is 13.2 Å². The van der Waals surface area contributed by atoms with Crippen LogP contribution in [0.2, 0.25) is 0 Å². The van der Waals surface area contributed by atoms with Gasteiger partial charge < -0.3 is 9.47 Å². The Kier molecular flexibility index (Phi) is 5.36. The first-order valence-corrected chi connectivity index (χ1v) is 7.98. The summed E-state index contributed by atoms with van der Waals surface area (Å²) >= 11 is 0. The van der Waals surface area contributed by atoms with Gasteiger partial charge in [-0.2, -0.15) is 8.78 Å². The molecule has 0 bridgehead atoms. The van der Waals surface area contributed by atoms with Gasteiger partial charge in [0.1, 0.15) is 16.4 Å². The van der Waals surface area contributed by atoms with Gasteiger partial charge in [-0.05, 0) is 24.3 Å². The summed E-state index contributed by atoms with van der Waals surface area (Å²) in [5.41, 5.74) is -0.371. The van der Waals surface area contributed by atoms with Gasteiger partial charge in [0.25, 0.3) is 10.0 Å². The number of anilines is 1. The smallest absolute Gasteiger partial charge is 0.433 e. The standard InChI is InChI=1S/C14H10F5NO4S/c15-13(16)23-10-6-2-1-5-9(10)20-25(21,22)12-8-4-3-7-11(12)24-14(17,18)19/h1-8,13,20H. The normalized spacial score (nSPS) is 12.1. The zero-order valence-corrected chi connectivity index (χ0v) is 12.9. The van der Waals surface area contributed by atoms with Crippen LogP contribution in [0.3, 0.4) is 0 Å². The molecule has 11 heteroatoms. The molecule has 2 rings (SSSR count). The number of alkyl halides is 5. The minimum absolute atomic E-state index is 0.371. The molecule has 0 saturated heterocycles. The molecular weight excluding hydrogens is 373 g/mol. The fourth-order valence-corrected chi connectivity index (χ4v) is 3.03. The highest BCUT2D eigenvalue weighted by atomic mass is 32.2. The number of benzene rings is 2.